The van der Waals surface area contributed by atoms with Crippen LogP contribution in [0.3, 0.4) is 0 Å². The lowest BCUT2D eigenvalue weighted by atomic mass is 10.2. The molecule has 1 aliphatic rings. The van der Waals surface area contributed by atoms with E-state index in [1.807, 2.05) is 49.4 Å². The number of amides is 1. The predicted molar refractivity (Wildman–Crippen MR) is 141 cm³/mol. The summed E-state index contributed by atoms with van der Waals surface area (Å²) in [7, 11) is 0. The minimum Gasteiger partial charge on any atom is -0.490 e. The van der Waals surface area contributed by atoms with Crippen LogP contribution in [0.2, 0.25) is 15.1 Å². The Labute approximate surface area is 216 Å². The molecular weight excluding hydrogens is 515 g/mol. The second-order valence-corrected chi connectivity index (χ2v) is 9.42. The summed E-state index contributed by atoms with van der Waals surface area (Å²) in [6, 6.07) is 18.0. The fraction of sp³-hybridized carbons (Fsp3) is 0.120. The first-order valence-electron chi connectivity index (χ1n) is 10.3. The van der Waals surface area contributed by atoms with Crippen molar-refractivity contribution in [1.29, 1.82) is 0 Å². The third-order valence-electron chi connectivity index (χ3n) is 4.66. The van der Waals surface area contributed by atoms with Crippen molar-refractivity contribution in [3.63, 3.8) is 0 Å². The number of thioether (sulfide) groups is 1. The standard InChI is InChI=1S/C25H19Cl3N2O3S/c1-2-32-22-11-16(5-10-21(22)33-14-15-3-6-17(26)7-4-15)12-23-24(31)30-25(34-23)29-18-8-9-19(27)20(28)13-18/h3-13H,2,14H2,1H3,(H,29,30,31)/b23-12-. The second-order valence-electron chi connectivity index (χ2n) is 7.13. The SMILES string of the molecule is CCOc1cc(/C=C2\SC(=Nc3ccc(Cl)c(Cl)c3)NC2=O)ccc1OCc1ccc(Cl)cc1. The summed E-state index contributed by atoms with van der Waals surface area (Å²) in [5, 5.41) is 4.74. The van der Waals surface area contributed by atoms with Crippen LogP contribution in [0.1, 0.15) is 18.1 Å². The van der Waals surface area contributed by atoms with Gasteiger partial charge in [0.25, 0.3) is 5.91 Å². The first-order valence-corrected chi connectivity index (χ1v) is 12.2. The summed E-state index contributed by atoms with van der Waals surface area (Å²) in [6.07, 6.45) is 1.78. The molecule has 1 N–H and O–H groups in total. The van der Waals surface area contributed by atoms with Gasteiger partial charge in [-0.15, -0.1) is 0 Å². The van der Waals surface area contributed by atoms with Crippen molar-refractivity contribution in [1.82, 2.24) is 5.32 Å². The van der Waals surface area contributed by atoms with Crippen LogP contribution in [-0.4, -0.2) is 17.7 Å². The summed E-state index contributed by atoms with van der Waals surface area (Å²) in [6.45, 7) is 2.76. The van der Waals surface area contributed by atoms with Crippen molar-refractivity contribution in [2.45, 2.75) is 13.5 Å². The number of amidine groups is 1. The van der Waals surface area contributed by atoms with Gasteiger partial charge >= 0.3 is 0 Å². The van der Waals surface area contributed by atoms with Crippen molar-refractivity contribution in [2.24, 2.45) is 4.99 Å². The molecule has 0 radical (unpaired) electrons. The number of ether oxygens (including phenoxy) is 2. The maximum absolute atomic E-state index is 12.5. The summed E-state index contributed by atoms with van der Waals surface area (Å²) < 4.78 is 11.7. The largest absolute Gasteiger partial charge is 0.490 e. The van der Waals surface area contributed by atoms with Crippen LogP contribution in [0.5, 0.6) is 11.5 Å². The van der Waals surface area contributed by atoms with E-state index < -0.39 is 0 Å². The molecule has 0 aliphatic carbocycles. The van der Waals surface area contributed by atoms with Crippen LogP contribution in [0.4, 0.5) is 5.69 Å². The fourth-order valence-corrected chi connectivity index (χ4v) is 4.31. The first kappa shape index (κ1) is 24.5. The van der Waals surface area contributed by atoms with Gasteiger partial charge in [-0.05, 0) is 78.4 Å². The zero-order valence-electron chi connectivity index (χ0n) is 18.0. The molecule has 0 bridgehead atoms. The van der Waals surface area contributed by atoms with E-state index in [1.165, 1.54) is 11.8 Å². The highest BCUT2D eigenvalue weighted by molar-refractivity contribution is 8.18. The van der Waals surface area contributed by atoms with Gasteiger partial charge in [0.15, 0.2) is 16.7 Å². The average Bonchev–Trinajstić information content (AvgIpc) is 3.15. The highest BCUT2D eigenvalue weighted by atomic mass is 35.5. The van der Waals surface area contributed by atoms with E-state index in [-0.39, 0.29) is 5.91 Å². The molecule has 1 saturated heterocycles. The quantitative estimate of drug-likeness (QED) is 0.319. The van der Waals surface area contributed by atoms with Crippen molar-refractivity contribution in [3.8, 4) is 11.5 Å². The molecule has 1 fully saturated rings. The Hall–Kier alpha value is -2.64. The van der Waals surface area contributed by atoms with Crippen LogP contribution < -0.4 is 14.8 Å². The van der Waals surface area contributed by atoms with Gasteiger partial charge < -0.3 is 14.8 Å². The highest BCUT2D eigenvalue weighted by Crippen LogP contribution is 2.34. The van der Waals surface area contributed by atoms with Crippen molar-refractivity contribution in [2.75, 3.05) is 6.61 Å². The molecule has 5 nitrogen and oxygen atoms in total. The maximum atomic E-state index is 12.5. The number of nitrogens with zero attached hydrogens (tertiary/aromatic N) is 1. The summed E-state index contributed by atoms with van der Waals surface area (Å²) in [5.41, 5.74) is 2.39. The average molecular weight is 534 g/mol. The number of rotatable bonds is 7. The third kappa shape index (κ3) is 6.27. The number of hydrogen-bond donors (Lipinski definition) is 1. The van der Waals surface area contributed by atoms with Crippen LogP contribution in [0.15, 0.2) is 70.6 Å². The van der Waals surface area contributed by atoms with Crippen LogP contribution in [-0.2, 0) is 11.4 Å². The Morgan fingerprint density at radius 1 is 0.941 bits per heavy atom. The molecule has 1 amide bonds. The van der Waals surface area contributed by atoms with Crippen molar-refractivity contribution in [3.05, 3.63) is 91.8 Å². The maximum Gasteiger partial charge on any atom is 0.264 e. The van der Waals surface area contributed by atoms with E-state index >= 15 is 0 Å². The number of nitrogens with one attached hydrogen (secondary N) is 1. The number of carbonyl (C=O) groups is 1. The molecule has 9 heteroatoms. The third-order valence-corrected chi connectivity index (χ3v) is 6.56. The number of hydrogen-bond acceptors (Lipinski definition) is 5. The topological polar surface area (TPSA) is 59.9 Å². The highest BCUT2D eigenvalue weighted by Gasteiger charge is 2.24. The van der Waals surface area contributed by atoms with Crippen molar-refractivity contribution >= 4 is 69.4 Å². The molecule has 0 spiro atoms. The van der Waals surface area contributed by atoms with Gasteiger partial charge in [-0.2, -0.15) is 0 Å². The zero-order valence-corrected chi connectivity index (χ0v) is 21.1. The summed E-state index contributed by atoms with van der Waals surface area (Å²) in [4.78, 5) is 17.4. The van der Waals surface area contributed by atoms with E-state index in [9.17, 15) is 4.79 Å². The van der Waals surface area contributed by atoms with E-state index in [1.54, 1.807) is 24.3 Å². The molecular formula is C25H19Cl3N2O3S. The van der Waals surface area contributed by atoms with Crippen LogP contribution in [0, 0.1) is 0 Å². The molecule has 1 heterocycles. The minimum absolute atomic E-state index is 0.232. The van der Waals surface area contributed by atoms with E-state index in [0.29, 0.717) is 55.5 Å². The second kappa shape index (κ2) is 11.2. The number of benzene rings is 3. The molecule has 3 aromatic carbocycles. The number of carbonyl (C=O) groups excluding carboxylic acids is 1. The van der Waals surface area contributed by atoms with E-state index in [4.69, 9.17) is 44.3 Å². The fourth-order valence-electron chi connectivity index (χ4n) is 3.05. The number of halogens is 3. The molecule has 0 unspecified atom stereocenters. The summed E-state index contributed by atoms with van der Waals surface area (Å²) in [5.74, 6) is 0.980. The molecule has 4 rings (SSSR count). The van der Waals surface area contributed by atoms with Gasteiger partial charge in [-0.1, -0.05) is 53.0 Å². The van der Waals surface area contributed by atoms with Gasteiger partial charge in [0.2, 0.25) is 0 Å². The van der Waals surface area contributed by atoms with Crippen LogP contribution in [0.25, 0.3) is 6.08 Å². The summed E-state index contributed by atoms with van der Waals surface area (Å²) >= 11 is 19.2. The van der Waals surface area contributed by atoms with E-state index in [0.717, 1.165) is 11.1 Å². The molecule has 34 heavy (non-hydrogen) atoms. The normalized spacial score (nSPS) is 15.6. The van der Waals surface area contributed by atoms with E-state index in [2.05, 4.69) is 10.3 Å². The molecule has 1 aliphatic heterocycles. The Morgan fingerprint density at radius 2 is 1.74 bits per heavy atom. The Bertz CT molecular complexity index is 1280. The van der Waals surface area contributed by atoms with Gasteiger partial charge in [-0.25, -0.2) is 4.99 Å². The lowest BCUT2D eigenvalue weighted by molar-refractivity contribution is -0.115. The minimum atomic E-state index is -0.232. The van der Waals surface area contributed by atoms with Crippen molar-refractivity contribution < 1.29 is 14.3 Å². The zero-order chi connectivity index (χ0) is 24.1. The van der Waals surface area contributed by atoms with Gasteiger partial charge in [0.1, 0.15) is 6.61 Å². The van der Waals surface area contributed by atoms with Gasteiger partial charge in [-0.3, -0.25) is 4.79 Å². The predicted octanol–water partition coefficient (Wildman–Crippen LogP) is 7.52. The Morgan fingerprint density at radius 3 is 2.47 bits per heavy atom. The molecule has 174 valence electrons. The Balaban J connectivity index is 1.50. The van der Waals surface area contributed by atoms with Gasteiger partial charge in [0, 0.05) is 5.02 Å². The molecule has 3 aromatic rings. The Kier molecular flexibility index (Phi) is 8.06. The first-order chi connectivity index (χ1) is 16.4. The lowest BCUT2D eigenvalue weighted by Crippen LogP contribution is -2.19. The molecule has 0 saturated carbocycles. The number of aliphatic imine (C=N–C) groups is 1. The monoisotopic (exact) mass is 532 g/mol. The smallest absolute Gasteiger partial charge is 0.264 e. The molecule has 0 atom stereocenters. The molecule has 0 aromatic heterocycles. The lowest BCUT2D eigenvalue weighted by Gasteiger charge is -2.13. The van der Waals surface area contributed by atoms with Crippen LogP contribution >= 0.6 is 46.6 Å². The van der Waals surface area contributed by atoms with Gasteiger partial charge in [0.05, 0.1) is 27.2 Å².